The molecule has 8 heteroatoms. The van der Waals surface area contributed by atoms with E-state index < -0.39 is 11.8 Å². The smallest absolute Gasteiger partial charge is 0.309 e. The molecule has 136 valence electrons. The first-order valence-corrected chi connectivity index (χ1v) is 8.46. The fraction of sp³-hybridized carbons (Fsp3) is 0.529. The Morgan fingerprint density at radius 1 is 1.12 bits per heavy atom. The Bertz CT molecular complexity index is 631. The summed E-state index contributed by atoms with van der Waals surface area (Å²) < 4.78 is 16.2. The van der Waals surface area contributed by atoms with Crippen molar-refractivity contribution in [3.8, 4) is 11.5 Å². The zero-order chi connectivity index (χ0) is 17.6. The first-order chi connectivity index (χ1) is 12.2. The average Bonchev–Trinajstić information content (AvgIpc) is 3.10. The van der Waals surface area contributed by atoms with Gasteiger partial charge >= 0.3 is 11.8 Å². The minimum absolute atomic E-state index is 0.0724. The van der Waals surface area contributed by atoms with Gasteiger partial charge < -0.3 is 24.8 Å². The second-order valence-corrected chi connectivity index (χ2v) is 5.85. The van der Waals surface area contributed by atoms with Gasteiger partial charge in [-0.1, -0.05) is 6.07 Å². The van der Waals surface area contributed by atoms with Crippen molar-refractivity contribution in [3.05, 3.63) is 23.8 Å². The maximum absolute atomic E-state index is 11.9. The van der Waals surface area contributed by atoms with Crippen molar-refractivity contribution in [1.29, 1.82) is 0 Å². The number of carbonyl (C=O) groups excluding carboxylic acids is 2. The molecule has 2 amide bonds. The molecule has 1 atom stereocenters. The van der Waals surface area contributed by atoms with E-state index in [4.69, 9.17) is 14.2 Å². The SMILES string of the molecule is CCNC(=O)C(=O)NC[C@@H](c1ccc2c(c1)OCO2)N1CCOCC1. The van der Waals surface area contributed by atoms with Crippen molar-refractivity contribution in [1.82, 2.24) is 15.5 Å². The van der Waals surface area contributed by atoms with Crippen molar-refractivity contribution >= 4 is 11.8 Å². The van der Waals surface area contributed by atoms with Crippen LogP contribution in [0, 0.1) is 0 Å². The van der Waals surface area contributed by atoms with Gasteiger partial charge in [0.05, 0.1) is 19.3 Å². The molecule has 2 heterocycles. The highest BCUT2D eigenvalue weighted by Crippen LogP contribution is 2.35. The van der Waals surface area contributed by atoms with Crippen LogP contribution in [0.2, 0.25) is 0 Å². The largest absolute Gasteiger partial charge is 0.454 e. The predicted octanol–water partition coefficient (Wildman–Crippen LogP) is 0.0409. The predicted molar refractivity (Wildman–Crippen MR) is 89.4 cm³/mol. The second kappa shape index (κ2) is 8.17. The van der Waals surface area contributed by atoms with Crippen LogP contribution in [0.3, 0.4) is 0 Å². The Morgan fingerprint density at radius 3 is 2.60 bits per heavy atom. The fourth-order valence-corrected chi connectivity index (χ4v) is 2.98. The van der Waals surface area contributed by atoms with Gasteiger partial charge in [-0.3, -0.25) is 14.5 Å². The van der Waals surface area contributed by atoms with Gasteiger partial charge in [0.25, 0.3) is 0 Å². The molecule has 2 aliphatic rings. The lowest BCUT2D eigenvalue weighted by Crippen LogP contribution is -2.46. The average molecular weight is 349 g/mol. The molecular formula is C17H23N3O5. The lowest BCUT2D eigenvalue weighted by atomic mass is 10.0. The molecule has 25 heavy (non-hydrogen) atoms. The number of nitrogens with one attached hydrogen (secondary N) is 2. The van der Waals surface area contributed by atoms with Gasteiger partial charge in [0.2, 0.25) is 6.79 Å². The molecule has 1 aromatic rings. The Labute approximate surface area is 146 Å². The van der Waals surface area contributed by atoms with Crippen LogP contribution >= 0.6 is 0 Å². The molecule has 0 bridgehead atoms. The Kier molecular flexibility index (Phi) is 5.72. The van der Waals surface area contributed by atoms with E-state index >= 15 is 0 Å². The van der Waals surface area contributed by atoms with Crippen LogP contribution in [0.4, 0.5) is 0 Å². The van der Waals surface area contributed by atoms with Crippen LogP contribution in [0.1, 0.15) is 18.5 Å². The highest BCUT2D eigenvalue weighted by molar-refractivity contribution is 6.35. The minimum Gasteiger partial charge on any atom is -0.454 e. The third kappa shape index (κ3) is 4.21. The first-order valence-electron chi connectivity index (χ1n) is 8.46. The quantitative estimate of drug-likeness (QED) is 0.730. The summed E-state index contributed by atoms with van der Waals surface area (Å²) in [5, 5.41) is 5.23. The second-order valence-electron chi connectivity index (χ2n) is 5.85. The summed E-state index contributed by atoms with van der Waals surface area (Å²) in [7, 11) is 0. The molecule has 0 aromatic heterocycles. The zero-order valence-corrected chi connectivity index (χ0v) is 14.2. The Balaban J connectivity index is 1.73. The summed E-state index contributed by atoms with van der Waals surface area (Å²) in [6.45, 7) is 5.54. The van der Waals surface area contributed by atoms with Gasteiger partial charge in [0.15, 0.2) is 11.5 Å². The van der Waals surface area contributed by atoms with Crippen molar-refractivity contribution in [2.75, 3.05) is 46.2 Å². The number of hydrogen-bond donors (Lipinski definition) is 2. The van der Waals surface area contributed by atoms with Gasteiger partial charge in [-0.25, -0.2) is 0 Å². The molecular weight excluding hydrogens is 326 g/mol. The molecule has 0 aliphatic carbocycles. The molecule has 0 radical (unpaired) electrons. The van der Waals surface area contributed by atoms with E-state index in [1.165, 1.54) is 0 Å². The van der Waals surface area contributed by atoms with Crippen LogP contribution < -0.4 is 20.1 Å². The van der Waals surface area contributed by atoms with Gasteiger partial charge in [-0.2, -0.15) is 0 Å². The minimum atomic E-state index is -0.624. The molecule has 0 saturated carbocycles. The summed E-state index contributed by atoms with van der Waals surface area (Å²) in [4.78, 5) is 25.8. The van der Waals surface area contributed by atoms with E-state index in [2.05, 4.69) is 15.5 Å². The van der Waals surface area contributed by atoms with Gasteiger partial charge in [0.1, 0.15) is 0 Å². The molecule has 1 fully saturated rings. The molecule has 8 nitrogen and oxygen atoms in total. The summed E-state index contributed by atoms with van der Waals surface area (Å²) in [5.41, 5.74) is 1.00. The molecule has 3 rings (SSSR count). The van der Waals surface area contributed by atoms with Crippen LogP contribution in [0.15, 0.2) is 18.2 Å². The van der Waals surface area contributed by atoms with Crippen LogP contribution in [-0.4, -0.2) is 62.9 Å². The number of benzene rings is 1. The molecule has 0 spiro atoms. The summed E-state index contributed by atoms with van der Waals surface area (Å²) in [5.74, 6) is 0.177. The van der Waals surface area contributed by atoms with Gasteiger partial charge in [-0.15, -0.1) is 0 Å². The number of hydrogen-bond acceptors (Lipinski definition) is 6. The number of morpholine rings is 1. The fourth-order valence-electron chi connectivity index (χ4n) is 2.98. The van der Waals surface area contributed by atoms with E-state index in [1.807, 2.05) is 18.2 Å². The van der Waals surface area contributed by atoms with E-state index in [-0.39, 0.29) is 12.8 Å². The lowest BCUT2D eigenvalue weighted by molar-refractivity contribution is -0.139. The summed E-state index contributed by atoms with van der Waals surface area (Å²) in [6.07, 6.45) is 0. The molecule has 2 aliphatic heterocycles. The molecule has 1 saturated heterocycles. The lowest BCUT2D eigenvalue weighted by Gasteiger charge is -2.34. The number of rotatable bonds is 5. The highest BCUT2D eigenvalue weighted by atomic mass is 16.7. The van der Waals surface area contributed by atoms with Crippen molar-refractivity contribution in [2.45, 2.75) is 13.0 Å². The number of likely N-dealkylation sites (N-methyl/N-ethyl adjacent to an activating group) is 1. The monoisotopic (exact) mass is 349 g/mol. The third-order valence-corrected chi connectivity index (χ3v) is 4.27. The normalized spacial score (nSPS) is 17.8. The number of nitrogens with zero attached hydrogens (tertiary/aromatic N) is 1. The first kappa shape index (κ1) is 17.5. The summed E-state index contributed by atoms with van der Waals surface area (Å²) in [6, 6.07) is 5.69. The molecule has 1 aromatic carbocycles. The van der Waals surface area contributed by atoms with Crippen molar-refractivity contribution < 1.29 is 23.8 Å². The van der Waals surface area contributed by atoms with Crippen molar-refractivity contribution in [2.24, 2.45) is 0 Å². The number of amides is 2. The van der Waals surface area contributed by atoms with Gasteiger partial charge in [0, 0.05) is 26.2 Å². The zero-order valence-electron chi connectivity index (χ0n) is 14.2. The van der Waals surface area contributed by atoms with Crippen LogP contribution in [-0.2, 0) is 14.3 Å². The molecule has 2 N–H and O–H groups in total. The number of carbonyl (C=O) groups is 2. The molecule has 0 unspecified atom stereocenters. The van der Waals surface area contributed by atoms with E-state index in [0.717, 1.165) is 24.4 Å². The maximum atomic E-state index is 11.9. The topological polar surface area (TPSA) is 89.1 Å². The van der Waals surface area contributed by atoms with E-state index in [9.17, 15) is 9.59 Å². The van der Waals surface area contributed by atoms with E-state index in [1.54, 1.807) is 6.92 Å². The highest BCUT2D eigenvalue weighted by Gasteiger charge is 2.26. The Hall–Kier alpha value is -2.32. The number of fused-ring (bicyclic) bond motifs is 1. The summed E-state index contributed by atoms with van der Waals surface area (Å²) >= 11 is 0. The van der Waals surface area contributed by atoms with Crippen molar-refractivity contribution in [3.63, 3.8) is 0 Å². The number of ether oxygens (including phenoxy) is 3. The Morgan fingerprint density at radius 2 is 1.84 bits per heavy atom. The van der Waals surface area contributed by atoms with Crippen LogP contribution in [0.25, 0.3) is 0 Å². The maximum Gasteiger partial charge on any atom is 0.309 e. The standard InChI is InChI=1S/C17H23N3O5/c1-2-18-16(21)17(22)19-10-13(20-5-7-23-8-6-20)12-3-4-14-15(9-12)25-11-24-14/h3-4,9,13H,2,5-8,10-11H2,1H3,(H,18,21)(H,19,22)/t13-/m0/s1. The van der Waals surface area contributed by atoms with E-state index in [0.29, 0.717) is 32.1 Å². The van der Waals surface area contributed by atoms with Gasteiger partial charge in [-0.05, 0) is 24.6 Å². The van der Waals surface area contributed by atoms with Crippen LogP contribution in [0.5, 0.6) is 11.5 Å². The third-order valence-electron chi connectivity index (χ3n) is 4.27.